The van der Waals surface area contributed by atoms with Gasteiger partial charge in [-0.1, -0.05) is 12.1 Å². The Balaban J connectivity index is 1.33. The molecule has 2 aliphatic heterocycles. The van der Waals surface area contributed by atoms with Crippen molar-refractivity contribution < 1.29 is 9.53 Å². The van der Waals surface area contributed by atoms with Crippen molar-refractivity contribution in [3.05, 3.63) is 48.3 Å². The Morgan fingerprint density at radius 2 is 1.88 bits per heavy atom. The second-order valence-corrected chi connectivity index (χ2v) is 9.73. The lowest BCUT2D eigenvalue weighted by molar-refractivity contribution is -0.146. The van der Waals surface area contributed by atoms with Gasteiger partial charge in [0.15, 0.2) is 0 Å². The van der Waals surface area contributed by atoms with Gasteiger partial charge in [0.25, 0.3) is 0 Å². The fraction of sp³-hybridized carbons (Fsp3) is 0.481. The highest BCUT2D eigenvalue weighted by atomic mass is 16.5. The number of carbonyl (C=O) groups is 1. The van der Waals surface area contributed by atoms with Crippen LogP contribution >= 0.6 is 0 Å². The fourth-order valence-corrected chi connectivity index (χ4v) is 5.39. The molecule has 0 amide bonds. The van der Waals surface area contributed by atoms with Crippen LogP contribution in [0.15, 0.2) is 42.6 Å². The molecule has 0 aliphatic carbocycles. The van der Waals surface area contributed by atoms with E-state index < -0.39 is 0 Å². The number of fused-ring (bicyclic) bond motifs is 1. The molecule has 0 bridgehead atoms. The maximum Gasteiger partial charge on any atom is 0.323 e. The summed E-state index contributed by atoms with van der Waals surface area (Å²) in [4.78, 5) is 27.6. The second-order valence-electron chi connectivity index (χ2n) is 9.73. The van der Waals surface area contributed by atoms with Crippen LogP contribution in [-0.4, -0.2) is 77.7 Å². The van der Waals surface area contributed by atoms with E-state index in [1.165, 1.54) is 12.8 Å². The lowest BCUT2D eigenvalue weighted by atomic mass is 10.1. The molecule has 1 unspecified atom stereocenters. The third-order valence-electron chi connectivity index (χ3n) is 7.36. The molecule has 180 valence electrons. The maximum atomic E-state index is 12.1. The van der Waals surface area contributed by atoms with Gasteiger partial charge in [-0.2, -0.15) is 0 Å². The highest BCUT2D eigenvalue weighted by molar-refractivity contribution is 5.93. The number of hydrogen-bond acceptors (Lipinski definition) is 6. The molecule has 34 heavy (non-hydrogen) atoms. The van der Waals surface area contributed by atoms with Crippen molar-refractivity contribution in [2.45, 2.75) is 45.3 Å². The molecule has 1 N–H and O–H groups in total. The monoisotopic (exact) mass is 461 g/mol. The summed E-state index contributed by atoms with van der Waals surface area (Å²) in [6.07, 6.45) is 3.74. The molecule has 3 aromatic rings. The summed E-state index contributed by atoms with van der Waals surface area (Å²) >= 11 is 0. The minimum atomic E-state index is -0.149. The number of H-pyrrole nitrogens is 1. The minimum absolute atomic E-state index is 0.137. The van der Waals surface area contributed by atoms with Crippen LogP contribution in [-0.2, 0) is 16.1 Å². The van der Waals surface area contributed by atoms with Gasteiger partial charge in [-0.05, 0) is 57.5 Å². The average Bonchev–Trinajstić information content (AvgIpc) is 3.50. The highest BCUT2D eigenvalue weighted by Crippen LogP contribution is 2.30. The van der Waals surface area contributed by atoms with Gasteiger partial charge in [0, 0.05) is 72.8 Å². The SMILES string of the molecule is COC(=O)C1CCCN1Cc1cc2c(-c3ccc(N4CCN(C(C)C)CC4)cc3)nccc2[nH]1. The Morgan fingerprint density at radius 3 is 2.59 bits per heavy atom. The summed E-state index contributed by atoms with van der Waals surface area (Å²) in [6, 6.07) is 13.5. The molecule has 5 rings (SSSR count). The van der Waals surface area contributed by atoms with Gasteiger partial charge in [-0.3, -0.25) is 19.6 Å². The number of nitrogens with zero attached hydrogens (tertiary/aromatic N) is 4. The molecule has 0 saturated carbocycles. The van der Waals surface area contributed by atoms with Gasteiger partial charge >= 0.3 is 5.97 Å². The highest BCUT2D eigenvalue weighted by Gasteiger charge is 2.31. The number of pyridine rings is 1. The number of aromatic amines is 1. The van der Waals surface area contributed by atoms with Crippen molar-refractivity contribution in [1.29, 1.82) is 0 Å². The van der Waals surface area contributed by atoms with Crippen LogP contribution < -0.4 is 4.90 Å². The second kappa shape index (κ2) is 9.76. The molecular weight excluding hydrogens is 426 g/mol. The van der Waals surface area contributed by atoms with E-state index in [1.54, 1.807) is 0 Å². The van der Waals surface area contributed by atoms with Crippen LogP contribution in [0.1, 0.15) is 32.4 Å². The summed E-state index contributed by atoms with van der Waals surface area (Å²) in [6.45, 7) is 10.5. The molecule has 1 aromatic carbocycles. The first-order chi connectivity index (χ1) is 16.5. The van der Waals surface area contributed by atoms with Gasteiger partial charge < -0.3 is 14.6 Å². The van der Waals surface area contributed by atoms with Crippen molar-refractivity contribution in [3.63, 3.8) is 0 Å². The molecule has 2 saturated heterocycles. The van der Waals surface area contributed by atoms with Crippen LogP contribution in [0.4, 0.5) is 5.69 Å². The number of esters is 1. The van der Waals surface area contributed by atoms with Crippen LogP contribution in [0.3, 0.4) is 0 Å². The number of piperazine rings is 1. The normalized spacial score (nSPS) is 19.9. The molecule has 7 heteroatoms. The van der Waals surface area contributed by atoms with Crippen molar-refractivity contribution in [3.8, 4) is 11.3 Å². The van der Waals surface area contributed by atoms with E-state index in [4.69, 9.17) is 9.72 Å². The number of carbonyl (C=O) groups excluding carboxylic acids is 1. The van der Waals surface area contributed by atoms with E-state index in [0.29, 0.717) is 12.6 Å². The number of benzene rings is 1. The zero-order valence-electron chi connectivity index (χ0n) is 20.5. The average molecular weight is 462 g/mol. The van der Waals surface area contributed by atoms with E-state index in [9.17, 15) is 4.79 Å². The number of nitrogens with one attached hydrogen (secondary N) is 1. The minimum Gasteiger partial charge on any atom is -0.468 e. The Labute approximate surface area is 201 Å². The molecule has 2 aliphatic rings. The van der Waals surface area contributed by atoms with Crippen LogP contribution in [0.5, 0.6) is 0 Å². The van der Waals surface area contributed by atoms with Gasteiger partial charge in [-0.25, -0.2) is 0 Å². The quantitative estimate of drug-likeness (QED) is 0.562. The summed E-state index contributed by atoms with van der Waals surface area (Å²) < 4.78 is 5.00. The number of ether oxygens (including phenoxy) is 1. The molecule has 7 nitrogen and oxygen atoms in total. The topological polar surface area (TPSA) is 64.7 Å². The first-order valence-electron chi connectivity index (χ1n) is 12.4. The Kier molecular flexibility index (Phi) is 6.57. The van der Waals surface area contributed by atoms with Crippen LogP contribution in [0.2, 0.25) is 0 Å². The van der Waals surface area contributed by atoms with E-state index in [1.807, 2.05) is 12.3 Å². The van der Waals surface area contributed by atoms with E-state index in [2.05, 4.69) is 63.9 Å². The third kappa shape index (κ3) is 4.55. The summed E-state index contributed by atoms with van der Waals surface area (Å²) in [5, 5.41) is 1.12. The molecule has 4 heterocycles. The smallest absolute Gasteiger partial charge is 0.323 e. The number of rotatable bonds is 6. The molecular formula is C27H35N5O2. The van der Waals surface area contributed by atoms with Gasteiger partial charge in [0.2, 0.25) is 0 Å². The number of methoxy groups -OCH3 is 1. The van der Waals surface area contributed by atoms with Gasteiger partial charge in [0.1, 0.15) is 6.04 Å². The van der Waals surface area contributed by atoms with Crippen molar-refractivity contribution in [2.24, 2.45) is 0 Å². The first-order valence-corrected chi connectivity index (χ1v) is 12.4. The largest absolute Gasteiger partial charge is 0.468 e. The lowest BCUT2D eigenvalue weighted by Gasteiger charge is -2.38. The zero-order valence-corrected chi connectivity index (χ0v) is 20.5. The van der Waals surface area contributed by atoms with Gasteiger partial charge in [-0.15, -0.1) is 0 Å². The molecule has 2 aromatic heterocycles. The Hall–Kier alpha value is -2.90. The van der Waals surface area contributed by atoms with E-state index >= 15 is 0 Å². The summed E-state index contributed by atoms with van der Waals surface area (Å²) in [5.41, 5.74) is 5.55. The fourth-order valence-electron chi connectivity index (χ4n) is 5.39. The predicted octanol–water partition coefficient (Wildman–Crippen LogP) is 3.90. The third-order valence-corrected chi connectivity index (χ3v) is 7.36. The van der Waals surface area contributed by atoms with E-state index in [-0.39, 0.29) is 12.0 Å². The van der Waals surface area contributed by atoms with Gasteiger partial charge in [0.05, 0.1) is 12.8 Å². The molecule has 0 spiro atoms. The van der Waals surface area contributed by atoms with Crippen molar-refractivity contribution in [2.75, 3.05) is 44.7 Å². The van der Waals surface area contributed by atoms with Crippen molar-refractivity contribution >= 4 is 22.6 Å². The number of aromatic nitrogens is 2. The van der Waals surface area contributed by atoms with Crippen molar-refractivity contribution in [1.82, 2.24) is 19.8 Å². The zero-order chi connectivity index (χ0) is 23.7. The first kappa shape index (κ1) is 22.9. The maximum absolute atomic E-state index is 12.1. The van der Waals surface area contributed by atoms with Crippen LogP contribution in [0.25, 0.3) is 22.2 Å². The summed E-state index contributed by atoms with van der Waals surface area (Å²) in [5.74, 6) is -0.137. The summed E-state index contributed by atoms with van der Waals surface area (Å²) in [7, 11) is 1.47. The molecule has 0 radical (unpaired) electrons. The Morgan fingerprint density at radius 1 is 1.12 bits per heavy atom. The number of hydrogen-bond donors (Lipinski definition) is 1. The number of likely N-dealkylation sites (tertiary alicyclic amines) is 1. The Bertz CT molecular complexity index is 1130. The van der Waals surface area contributed by atoms with Crippen LogP contribution in [0, 0.1) is 0 Å². The lowest BCUT2D eigenvalue weighted by Crippen LogP contribution is -2.48. The standard InChI is InChI=1S/C27H35N5O2/c1-19(2)30-13-15-31(16-14-30)22-8-6-20(7-9-22)26-23-17-21(29-24(23)10-11-28-26)18-32-12-4-5-25(32)27(33)34-3/h6-11,17,19,25,29H,4-5,12-16,18H2,1-3H3. The molecule has 1 atom stereocenters. The molecule has 2 fully saturated rings. The van der Waals surface area contributed by atoms with E-state index in [0.717, 1.165) is 73.4 Å². The number of anilines is 1. The predicted molar refractivity (Wildman–Crippen MR) is 136 cm³/mol.